The molecule has 0 aliphatic heterocycles. The fourth-order valence-corrected chi connectivity index (χ4v) is 0.487. The van der Waals surface area contributed by atoms with Gasteiger partial charge in [0, 0.05) is 12.8 Å². The number of nitrogens with zero attached hydrogens (tertiary/aromatic N) is 1. The molecule has 1 rings (SSSR count). The van der Waals surface area contributed by atoms with Crippen LogP contribution in [0.3, 0.4) is 0 Å². The molecule has 1 aromatic rings. The predicted octanol–water partition coefficient (Wildman–Crippen LogP) is 0.821. The number of nitrogens with one attached hydrogen (secondary N) is 1. The molecule has 0 spiro atoms. The molecule has 0 aliphatic carbocycles. The third-order valence-electron chi connectivity index (χ3n) is 0.819. The number of H-pyrrole nitrogens is 1. The average Bonchev–Trinajstić information content (AvgIpc) is 2.42. The number of hydrogen-bond acceptors (Lipinski definition) is 3. The summed E-state index contributed by atoms with van der Waals surface area (Å²) in [6.45, 7) is 1.93. The molecule has 0 bridgehead atoms. The summed E-state index contributed by atoms with van der Waals surface area (Å²) in [6.07, 6.45) is 3.09. The molecule has 1 heterocycles. The molecule has 0 atom stereocenters. The average molecular weight is 156 g/mol. The van der Waals surface area contributed by atoms with Crippen LogP contribution in [0.4, 0.5) is 0 Å². The first-order chi connectivity index (χ1) is 5.35. The van der Waals surface area contributed by atoms with Crippen molar-refractivity contribution in [2.24, 2.45) is 5.16 Å². The van der Waals surface area contributed by atoms with Gasteiger partial charge in [0.15, 0.2) is 0 Å². The van der Waals surface area contributed by atoms with E-state index in [9.17, 15) is 0 Å². The van der Waals surface area contributed by atoms with Crippen LogP contribution in [0.15, 0.2) is 23.5 Å². The molecular formula is C7H12N2O2. The number of aliphatic hydroxyl groups is 1. The van der Waals surface area contributed by atoms with Crippen molar-refractivity contribution in [3.05, 3.63) is 24.0 Å². The lowest BCUT2D eigenvalue weighted by atomic mass is 10.5. The van der Waals surface area contributed by atoms with Crippen molar-refractivity contribution >= 4 is 6.21 Å². The third kappa shape index (κ3) is 5.17. The maximum atomic E-state index is 7.99. The van der Waals surface area contributed by atoms with Gasteiger partial charge in [-0.3, -0.25) is 0 Å². The highest BCUT2D eigenvalue weighted by atomic mass is 16.4. The van der Waals surface area contributed by atoms with Gasteiger partial charge in [0.2, 0.25) is 0 Å². The van der Waals surface area contributed by atoms with E-state index < -0.39 is 0 Å². The van der Waals surface area contributed by atoms with Crippen molar-refractivity contribution in [1.29, 1.82) is 0 Å². The van der Waals surface area contributed by atoms with E-state index in [2.05, 4.69) is 10.1 Å². The van der Waals surface area contributed by atoms with Gasteiger partial charge in [-0.2, -0.15) is 0 Å². The van der Waals surface area contributed by atoms with Gasteiger partial charge in [0.05, 0.1) is 11.9 Å². The van der Waals surface area contributed by atoms with Gasteiger partial charge in [-0.15, -0.1) is 0 Å². The van der Waals surface area contributed by atoms with Crippen LogP contribution in [0.2, 0.25) is 0 Å². The molecule has 62 valence electrons. The molecule has 0 aliphatic rings. The number of oxime groups is 1. The molecule has 0 radical (unpaired) electrons. The molecule has 1 aromatic heterocycles. The van der Waals surface area contributed by atoms with Crippen LogP contribution in [0.25, 0.3) is 0 Å². The smallest absolute Gasteiger partial charge is 0.0896 e. The Kier molecular flexibility index (Phi) is 6.02. The zero-order valence-corrected chi connectivity index (χ0v) is 6.36. The molecule has 4 heteroatoms. The standard InChI is InChI=1S/C5H6N2O.C2H6O/c8-7-4-5-2-1-3-6-5;1-2-3/h1-4,6,8H;3H,2H2,1H3. The second-order valence-electron chi connectivity index (χ2n) is 1.69. The minimum absolute atomic E-state index is 0.250. The lowest BCUT2D eigenvalue weighted by molar-refractivity contribution is 0.318. The van der Waals surface area contributed by atoms with E-state index in [1.807, 2.05) is 6.07 Å². The molecule has 0 aromatic carbocycles. The van der Waals surface area contributed by atoms with Crippen LogP contribution >= 0.6 is 0 Å². The minimum Gasteiger partial charge on any atom is -0.411 e. The van der Waals surface area contributed by atoms with Gasteiger partial charge in [-0.1, -0.05) is 5.16 Å². The second kappa shape index (κ2) is 6.82. The summed E-state index contributed by atoms with van der Waals surface area (Å²) in [6, 6.07) is 3.64. The molecule has 0 saturated heterocycles. The zero-order valence-electron chi connectivity index (χ0n) is 6.36. The van der Waals surface area contributed by atoms with Crippen LogP contribution in [-0.4, -0.2) is 28.1 Å². The van der Waals surface area contributed by atoms with Gasteiger partial charge >= 0.3 is 0 Å². The van der Waals surface area contributed by atoms with E-state index in [-0.39, 0.29) is 6.61 Å². The van der Waals surface area contributed by atoms with Gasteiger partial charge in [-0.05, 0) is 19.1 Å². The largest absolute Gasteiger partial charge is 0.411 e. The number of rotatable bonds is 1. The Bertz CT molecular complexity index is 182. The van der Waals surface area contributed by atoms with Crippen molar-refractivity contribution in [3.63, 3.8) is 0 Å². The molecule has 0 unspecified atom stereocenters. The topological polar surface area (TPSA) is 68.6 Å². The van der Waals surface area contributed by atoms with Crippen molar-refractivity contribution < 1.29 is 10.3 Å². The molecular weight excluding hydrogens is 144 g/mol. The lowest BCUT2D eigenvalue weighted by Gasteiger charge is -1.76. The van der Waals surface area contributed by atoms with E-state index in [4.69, 9.17) is 10.3 Å². The van der Waals surface area contributed by atoms with Crippen LogP contribution < -0.4 is 0 Å². The highest BCUT2D eigenvalue weighted by molar-refractivity contribution is 5.76. The fourth-order valence-electron chi connectivity index (χ4n) is 0.487. The van der Waals surface area contributed by atoms with Crippen LogP contribution in [-0.2, 0) is 0 Å². The highest BCUT2D eigenvalue weighted by Gasteiger charge is 1.80. The van der Waals surface area contributed by atoms with Crippen molar-refractivity contribution in [1.82, 2.24) is 4.98 Å². The monoisotopic (exact) mass is 156 g/mol. The Morgan fingerprint density at radius 1 is 1.73 bits per heavy atom. The molecule has 4 nitrogen and oxygen atoms in total. The maximum absolute atomic E-state index is 7.99. The summed E-state index contributed by atoms with van der Waals surface area (Å²) >= 11 is 0. The van der Waals surface area contributed by atoms with Crippen molar-refractivity contribution in [2.75, 3.05) is 6.61 Å². The number of hydrogen-bond donors (Lipinski definition) is 3. The first-order valence-electron chi connectivity index (χ1n) is 3.26. The summed E-state index contributed by atoms with van der Waals surface area (Å²) in [4.78, 5) is 2.83. The molecule has 0 fully saturated rings. The highest BCUT2D eigenvalue weighted by Crippen LogP contribution is 1.87. The Hall–Kier alpha value is -1.29. The minimum atomic E-state index is 0.250. The maximum Gasteiger partial charge on any atom is 0.0896 e. The van der Waals surface area contributed by atoms with Gasteiger partial charge in [0.25, 0.3) is 0 Å². The summed E-state index contributed by atoms with van der Waals surface area (Å²) in [5.74, 6) is 0. The Labute approximate surface area is 65.2 Å². The summed E-state index contributed by atoms with van der Waals surface area (Å²) in [7, 11) is 0. The quantitative estimate of drug-likeness (QED) is 0.320. The fraction of sp³-hybridized carbons (Fsp3) is 0.286. The third-order valence-corrected chi connectivity index (χ3v) is 0.819. The predicted molar refractivity (Wildman–Crippen MR) is 42.9 cm³/mol. The summed E-state index contributed by atoms with van der Waals surface area (Å²) in [5, 5.41) is 18.4. The zero-order chi connectivity index (χ0) is 8.53. The summed E-state index contributed by atoms with van der Waals surface area (Å²) in [5.41, 5.74) is 0.799. The summed E-state index contributed by atoms with van der Waals surface area (Å²) < 4.78 is 0. The molecule has 0 amide bonds. The van der Waals surface area contributed by atoms with Crippen LogP contribution in [0, 0.1) is 0 Å². The van der Waals surface area contributed by atoms with E-state index in [0.29, 0.717) is 0 Å². The SMILES string of the molecule is CCO.ON=Cc1ccc[nH]1. The van der Waals surface area contributed by atoms with E-state index >= 15 is 0 Å². The lowest BCUT2D eigenvalue weighted by Crippen LogP contribution is -1.76. The van der Waals surface area contributed by atoms with Gasteiger partial charge in [0.1, 0.15) is 0 Å². The van der Waals surface area contributed by atoms with E-state index in [1.54, 1.807) is 19.2 Å². The number of aromatic amines is 1. The Morgan fingerprint density at radius 3 is 2.73 bits per heavy atom. The number of aromatic nitrogens is 1. The molecule has 0 saturated carbocycles. The van der Waals surface area contributed by atoms with Gasteiger partial charge in [-0.25, -0.2) is 0 Å². The number of aliphatic hydroxyl groups excluding tert-OH is 1. The first kappa shape index (κ1) is 9.71. The van der Waals surface area contributed by atoms with Crippen LogP contribution in [0.1, 0.15) is 12.6 Å². The molecule has 11 heavy (non-hydrogen) atoms. The molecule has 3 N–H and O–H groups in total. The Morgan fingerprint density at radius 2 is 2.36 bits per heavy atom. The first-order valence-corrected chi connectivity index (χ1v) is 3.26. The van der Waals surface area contributed by atoms with Gasteiger partial charge < -0.3 is 15.3 Å². The van der Waals surface area contributed by atoms with Crippen molar-refractivity contribution in [3.8, 4) is 0 Å². The second-order valence-corrected chi connectivity index (χ2v) is 1.69. The van der Waals surface area contributed by atoms with E-state index in [0.717, 1.165) is 5.69 Å². The van der Waals surface area contributed by atoms with E-state index in [1.165, 1.54) is 6.21 Å². The Balaban J connectivity index is 0.000000292. The van der Waals surface area contributed by atoms with Crippen molar-refractivity contribution in [2.45, 2.75) is 6.92 Å². The van der Waals surface area contributed by atoms with Crippen LogP contribution in [0.5, 0.6) is 0 Å². The normalized spacial score (nSPS) is 9.27.